The van der Waals surface area contributed by atoms with E-state index in [1.54, 1.807) is 11.8 Å². The van der Waals surface area contributed by atoms with E-state index < -0.39 is 0 Å². The van der Waals surface area contributed by atoms with Crippen LogP contribution in [0.4, 0.5) is 5.69 Å². The summed E-state index contributed by atoms with van der Waals surface area (Å²) >= 11 is 7.92. The van der Waals surface area contributed by atoms with E-state index in [-0.39, 0.29) is 0 Å². The normalized spacial score (nSPS) is 19.6. The Labute approximate surface area is 112 Å². The molecule has 0 radical (unpaired) electrons. The lowest BCUT2D eigenvalue weighted by molar-refractivity contribution is 0.543. The quantitative estimate of drug-likeness (QED) is 0.870. The Balaban J connectivity index is 2.11. The molecule has 0 saturated carbocycles. The molecule has 1 aliphatic rings. The number of amidine groups is 1. The van der Waals surface area contributed by atoms with Crippen LogP contribution in [0.15, 0.2) is 23.2 Å². The first-order valence-electron chi connectivity index (χ1n) is 5.80. The molecule has 0 aromatic heterocycles. The second-order valence-electron chi connectivity index (χ2n) is 4.66. The van der Waals surface area contributed by atoms with Gasteiger partial charge in [-0.25, -0.2) is 0 Å². The van der Waals surface area contributed by atoms with E-state index in [0.29, 0.717) is 12.0 Å². The van der Waals surface area contributed by atoms with E-state index in [2.05, 4.69) is 31.1 Å². The lowest BCUT2D eigenvalue weighted by Crippen LogP contribution is -2.12. The zero-order chi connectivity index (χ0) is 12.4. The van der Waals surface area contributed by atoms with Gasteiger partial charge in [-0.05, 0) is 30.5 Å². The van der Waals surface area contributed by atoms with Crippen molar-refractivity contribution in [2.24, 2.45) is 10.9 Å². The summed E-state index contributed by atoms with van der Waals surface area (Å²) in [4.78, 5) is 4.66. The van der Waals surface area contributed by atoms with Crippen molar-refractivity contribution >= 4 is 34.2 Å². The zero-order valence-corrected chi connectivity index (χ0v) is 11.9. The SMILES string of the molecule is Cc1ccc(Cl)c(NC2=NC(C(C)C)CS2)c1. The van der Waals surface area contributed by atoms with Gasteiger partial charge in [0.25, 0.3) is 0 Å². The maximum Gasteiger partial charge on any atom is 0.161 e. The Kier molecular flexibility index (Phi) is 4.00. The first-order chi connectivity index (χ1) is 8.06. The number of aryl methyl sites for hydroxylation is 1. The van der Waals surface area contributed by atoms with Crippen LogP contribution in [0.5, 0.6) is 0 Å². The van der Waals surface area contributed by atoms with Crippen LogP contribution in [0.25, 0.3) is 0 Å². The number of benzene rings is 1. The molecule has 92 valence electrons. The van der Waals surface area contributed by atoms with Crippen molar-refractivity contribution in [1.29, 1.82) is 0 Å². The molecule has 4 heteroatoms. The van der Waals surface area contributed by atoms with Crippen molar-refractivity contribution in [3.05, 3.63) is 28.8 Å². The van der Waals surface area contributed by atoms with Gasteiger partial charge in [0.15, 0.2) is 5.17 Å². The van der Waals surface area contributed by atoms with Crippen molar-refractivity contribution in [1.82, 2.24) is 0 Å². The molecular weight excluding hydrogens is 252 g/mol. The van der Waals surface area contributed by atoms with Gasteiger partial charge in [0.2, 0.25) is 0 Å². The highest BCUT2D eigenvalue weighted by atomic mass is 35.5. The van der Waals surface area contributed by atoms with Gasteiger partial charge in [0.05, 0.1) is 16.8 Å². The number of hydrogen-bond acceptors (Lipinski definition) is 3. The number of rotatable bonds is 2. The van der Waals surface area contributed by atoms with Crippen molar-refractivity contribution in [2.75, 3.05) is 11.1 Å². The van der Waals surface area contributed by atoms with E-state index >= 15 is 0 Å². The Hall–Kier alpha value is -0.670. The summed E-state index contributed by atoms with van der Waals surface area (Å²) in [7, 11) is 0. The maximum absolute atomic E-state index is 6.15. The van der Waals surface area contributed by atoms with Gasteiger partial charge in [-0.3, -0.25) is 4.99 Å². The molecule has 1 unspecified atom stereocenters. The minimum Gasteiger partial charge on any atom is -0.334 e. The van der Waals surface area contributed by atoms with Crippen LogP contribution in [0.1, 0.15) is 19.4 Å². The van der Waals surface area contributed by atoms with Crippen molar-refractivity contribution in [3.63, 3.8) is 0 Å². The molecule has 1 aliphatic heterocycles. The molecule has 0 spiro atoms. The molecule has 2 rings (SSSR count). The standard InChI is InChI=1S/C13H17ClN2S/c1-8(2)12-7-17-13(16-12)15-11-6-9(3)4-5-10(11)14/h4-6,8,12H,7H2,1-3H3,(H,15,16). The molecule has 0 aliphatic carbocycles. The number of aliphatic imine (C=N–C) groups is 1. The highest BCUT2D eigenvalue weighted by Gasteiger charge is 2.21. The van der Waals surface area contributed by atoms with Gasteiger partial charge >= 0.3 is 0 Å². The first-order valence-corrected chi connectivity index (χ1v) is 7.16. The lowest BCUT2D eigenvalue weighted by atomic mass is 10.1. The molecule has 0 fully saturated rings. The Bertz CT molecular complexity index is 443. The van der Waals surface area contributed by atoms with Gasteiger partial charge in [-0.1, -0.05) is 43.3 Å². The maximum atomic E-state index is 6.15. The zero-order valence-electron chi connectivity index (χ0n) is 10.3. The second-order valence-corrected chi connectivity index (χ2v) is 6.08. The number of thioether (sulfide) groups is 1. The largest absolute Gasteiger partial charge is 0.334 e. The van der Waals surface area contributed by atoms with Gasteiger partial charge < -0.3 is 5.32 Å². The van der Waals surface area contributed by atoms with Crippen LogP contribution in [0.3, 0.4) is 0 Å². The van der Waals surface area contributed by atoms with Crippen LogP contribution in [0.2, 0.25) is 5.02 Å². The molecule has 0 bridgehead atoms. The highest BCUT2D eigenvalue weighted by molar-refractivity contribution is 8.14. The van der Waals surface area contributed by atoms with E-state index in [9.17, 15) is 0 Å². The van der Waals surface area contributed by atoms with E-state index in [1.807, 2.05) is 18.2 Å². The van der Waals surface area contributed by atoms with Crippen molar-refractivity contribution in [2.45, 2.75) is 26.8 Å². The summed E-state index contributed by atoms with van der Waals surface area (Å²) in [6, 6.07) is 6.40. The molecule has 0 saturated heterocycles. The fourth-order valence-corrected chi connectivity index (χ4v) is 2.99. The van der Waals surface area contributed by atoms with Crippen LogP contribution in [0, 0.1) is 12.8 Å². The number of halogens is 1. The minimum atomic E-state index is 0.422. The minimum absolute atomic E-state index is 0.422. The summed E-state index contributed by atoms with van der Waals surface area (Å²) in [5, 5.41) is 5.04. The van der Waals surface area contributed by atoms with Gasteiger partial charge in [0.1, 0.15) is 0 Å². The molecule has 1 N–H and O–H groups in total. The molecule has 0 amide bonds. The van der Waals surface area contributed by atoms with Crippen LogP contribution >= 0.6 is 23.4 Å². The molecule has 17 heavy (non-hydrogen) atoms. The number of nitrogens with one attached hydrogen (secondary N) is 1. The van der Waals surface area contributed by atoms with E-state index in [0.717, 1.165) is 21.6 Å². The monoisotopic (exact) mass is 268 g/mol. The molecule has 1 atom stereocenters. The summed E-state index contributed by atoms with van der Waals surface area (Å²) in [5.41, 5.74) is 2.14. The van der Waals surface area contributed by atoms with Crippen LogP contribution < -0.4 is 5.32 Å². The third-order valence-electron chi connectivity index (χ3n) is 2.81. The number of nitrogens with zero attached hydrogens (tertiary/aromatic N) is 1. The highest BCUT2D eigenvalue weighted by Crippen LogP contribution is 2.28. The van der Waals surface area contributed by atoms with Gasteiger partial charge in [-0.2, -0.15) is 0 Å². The third-order valence-corrected chi connectivity index (χ3v) is 4.13. The van der Waals surface area contributed by atoms with E-state index in [4.69, 9.17) is 11.6 Å². The average molecular weight is 269 g/mol. The summed E-state index contributed by atoms with van der Waals surface area (Å²) < 4.78 is 0. The Morgan fingerprint density at radius 1 is 1.47 bits per heavy atom. The summed E-state index contributed by atoms with van der Waals surface area (Å²) in [6.07, 6.45) is 0. The smallest absolute Gasteiger partial charge is 0.161 e. The molecular formula is C13H17ClN2S. The fourth-order valence-electron chi connectivity index (χ4n) is 1.65. The topological polar surface area (TPSA) is 24.4 Å². The lowest BCUT2D eigenvalue weighted by Gasteiger charge is -2.09. The average Bonchev–Trinajstić information content (AvgIpc) is 2.72. The third kappa shape index (κ3) is 3.17. The predicted molar refractivity (Wildman–Crippen MR) is 78.3 cm³/mol. The predicted octanol–water partition coefficient (Wildman–Crippen LogP) is 4.19. The van der Waals surface area contributed by atoms with Crippen molar-refractivity contribution < 1.29 is 0 Å². The van der Waals surface area contributed by atoms with Crippen molar-refractivity contribution in [3.8, 4) is 0 Å². The van der Waals surface area contributed by atoms with Gasteiger partial charge in [-0.15, -0.1) is 0 Å². The van der Waals surface area contributed by atoms with Crippen LogP contribution in [-0.2, 0) is 0 Å². The fraction of sp³-hybridized carbons (Fsp3) is 0.462. The van der Waals surface area contributed by atoms with E-state index in [1.165, 1.54) is 5.56 Å². The molecule has 1 heterocycles. The number of hydrogen-bond donors (Lipinski definition) is 1. The Morgan fingerprint density at radius 2 is 2.24 bits per heavy atom. The summed E-state index contributed by atoms with van der Waals surface area (Å²) in [5.74, 6) is 1.65. The van der Waals surface area contributed by atoms with Crippen LogP contribution in [-0.4, -0.2) is 17.0 Å². The van der Waals surface area contributed by atoms with Gasteiger partial charge in [0, 0.05) is 5.75 Å². The molecule has 1 aromatic carbocycles. The molecule has 2 nitrogen and oxygen atoms in total. The Morgan fingerprint density at radius 3 is 2.88 bits per heavy atom. The second kappa shape index (κ2) is 5.32. The summed E-state index contributed by atoms with van der Waals surface area (Å²) in [6.45, 7) is 6.47. The molecule has 1 aromatic rings. The first kappa shape index (κ1) is 12.8. The number of anilines is 1.